The number of aromatic carboxylic acids is 1. The molecule has 5 heteroatoms. The molecule has 0 amide bonds. The van der Waals surface area contributed by atoms with Gasteiger partial charge in [0.1, 0.15) is 18.1 Å². The van der Waals surface area contributed by atoms with Crippen LogP contribution in [0.4, 0.5) is 5.69 Å². The standard InChI is InChI=1S/C13H13NO4/c1-14-9-2-4-10(5-3-9)17-8-11-6-7-12(18-11)13(15)16/h2-7,14H,8H2,1H3,(H,15,16). The van der Waals surface area contributed by atoms with Gasteiger partial charge in [0.15, 0.2) is 0 Å². The molecule has 1 heterocycles. The number of carboxylic acids is 1. The molecule has 0 aliphatic heterocycles. The Kier molecular flexibility index (Phi) is 3.52. The van der Waals surface area contributed by atoms with Crippen LogP contribution >= 0.6 is 0 Å². The number of hydrogen-bond acceptors (Lipinski definition) is 4. The van der Waals surface area contributed by atoms with Gasteiger partial charge in [-0.1, -0.05) is 0 Å². The van der Waals surface area contributed by atoms with Crippen molar-refractivity contribution in [1.29, 1.82) is 0 Å². The summed E-state index contributed by atoms with van der Waals surface area (Å²) in [6.07, 6.45) is 0. The fourth-order valence-corrected chi connectivity index (χ4v) is 1.44. The second-order valence-corrected chi connectivity index (χ2v) is 3.63. The maximum Gasteiger partial charge on any atom is 0.371 e. The minimum absolute atomic E-state index is 0.0841. The summed E-state index contributed by atoms with van der Waals surface area (Å²) in [5.74, 6) is 0.00567. The molecule has 1 aromatic heterocycles. The van der Waals surface area contributed by atoms with Gasteiger partial charge < -0.3 is 19.6 Å². The number of anilines is 1. The molecule has 1 aromatic carbocycles. The average molecular weight is 247 g/mol. The molecule has 0 unspecified atom stereocenters. The first-order valence-corrected chi connectivity index (χ1v) is 5.41. The molecule has 2 aromatic rings. The van der Waals surface area contributed by atoms with Crippen LogP contribution in [-0.2, 0) is 6.61 Å². The fraction of sp³-hybridized carbons (Fsp3) is 0.154. The Labute approximate surface area is 104 Å². The summed E-state index contributed by atoms with van der Waals surface area (Å²) in [7, 11) is 1.84. The highest BCUT2D eigenvalue weighted by Crippen LogP contribution is 2.17. The lowest BCUT2D eigenvalue weighted by atomic mass is 10.3. The second-order valence-electron chi connectivity index (χ2n) is 3.63. The maximum atomic E-state index is 10.6. The van der Waals surface area contributed by atoms with Crippen molar-refractivity contribution in [2.24, 2.45) is 0 Å². The van der Waals surface area contributed by atoms with Gasteiger partial charge in [0, 0.05) is 12.7 Å². The first-order chi connectivity index (χ1) is 8.69. The predicted octanol–water partition coefficient (Wildman–Crippen LogP) is 2.60. The molecule has 2 N–H and O–H groups in total. The van der Waals surface area contributed by atoms with Gasteiger partial charge >= 0.3 is 5.97 Å². The van der Waals surface area contributed by atoms with Gasteiger partial charge in [0.25, 0.3) is 0 Å². The topological polar surface area (TPSA) is 71.7 Å². The van der Waals surface area contributed by atoms with Crippen molar-refractivity contribution in [2.45, 2.75) is 6.61 Å². The smallest absolute Gasteiger partial charge is 0.371 e. The van der Waals surface area contributed by atoms with Crippen LogP contribution in [0, 0.1) is 0 Å². The van der Waals surface area contributed by atoms with Crippen LogP contribution < -0.4 is 10.1 Å². The molecule has 94 valence electrons. The van der Waals surface area contributed by atoms with Crippen molar-refractivity contribution in [3.05, 3.63) is 47.9 Å². The molecule has 0 radical (unpaired) electrons. The first-order valence-electron chi connectivity index (χ1n) is 5.41. The van der Waals surface area contributed by atoms with E-state index in [0.717, 1.165) is 5.69 Å². The van der Waals surface area contributed by atoms with E-state index in [0.29, 0.717) is 11.5 Å². The monoisotopic (exact) mass is 247 g/mol. The Hall–Kier alpha value is -2.43. The van der Waals surface area contributed by atoms with E-state index >= 15 is 0 Å². The Bertz CT molecular complexity index is 530. The van der Waals surface area contributed by atoms with E-state index in [1.807, 2.05) is 31.3 Å². The number of ether oxygens (including phenoxy) is 1. The Morgan fingerprint density at radius 3 is 2.56 bits per heavy atom. The third-order valence-corrected chi connectivity index (χ3v) is 2.40. The highest BCUT2D eigenvalue weighted by Gasteiger charge is 2.09. The van der Waals surface area contributed by atoms with Crippen molar-refractivity contribution in [2.75, 3.05) is 12.4 Å². The summed E-state index contributed by atoms with van der Waals surface area (Å²) in [6.45, 7) is 0.201. The molecule has 0 atom stereocenters. The summed E-state index contributed by atoms with van der Waals surface area (Å²) in [5, 5.41) is 11.7. The highest BCUT2D eigenvalue weighted by atomic mass is 16.5. The van der Waals surface area contributed by atoms with E-state index in [1.165, 1.54) is 6.07 Å². The number of benzene rings is 1. The van der Waals surface area contributed by atoms with Crippen LogP contribution in [0.25, 0.3) is 0 Å². The summed E-state index contributed by atoms with van der Waals surface area (Å²) < 4.78 is 10.5. The SMILES string of the molecule is CNc1ccc(OCc2ccc(C(=O)O)o2)cc1. The summed E-state index contributed by atoms with van der Waals surface area (Å²) in [4.78, 5) is 10.6. The van der Waals surface area contributed by atoms with Crippen LogP contribution in [0.2, 0.25) is 0 Å². The lowest BCUT2D eigenvalue weighted by Crippen LogP contribution is -1.95. The van der Waals surface area contributed by atoms with E-state index in [9.17, 15) is 4.79 Å². The van der Waals surface area contributed by atoms with Gasteiger partial charge in [-0.15, -0.1) is 0 Å². The number of hydrogen-bond donors (Lipinski definition) is 2. The zero-order chi connectivity index (χ0) is 13.0. The molecule has 0 saturated heterocycles. The largest absolute Gasteiger partial charge is 0.486 e. The number of carbonyl (C=O) groups is 1. The van der Waals surface area contributed by atoms with E-state index in [-0.39, 0.29) is 12.4 Å². The van der Waals surface area contributed by atoms with Crippen molar-refractivity contribution in [1.82, 2.24) is 0 Å². The molecule has 18 heavy (non-hydrogen) atoms. The summed E-state index contributed by atoms with van der Waals surface area (Å²) in [6, 6.07) is 10.4. The number of furan rings is 1. The van der Waals surface area contributed by atoms with E-state index in [1.54, 1.807) is 6.07 Å². The van der Waals surface area contributed by atoms with E-state index in [4.69, 9.17) is 14.3 Å². The molecule has 2 rings (SSSR count). The van der Waals surface area contributed by atoms with Crippen LogP contribution in [0.5, 0.6) is 5.75 Å². The molecular weight excluding hydrogens is 234 g/mol. The zero-order valence-electron chi connectivity index (χ0n) is 9.84. The van der Waals surface area contributed by atoms with Crippen molar-refractivity contribution in [3.63, 3.8) is 0 Å². The third-order valence-electron chi connectivity index (χ3n) is 2.40. The minimum atomic E-state index is -1.08. The van der Waals surface area contributed by atoms with Crippen LogP contribution in [0.3, 0.4) is 0 Å². The molecule has 0 aliphatic carbocycles. The molecule has 0 fully saturated rings. The second kappa shape index (κ2) is 5.27. The van der Waals surface area contributed by atoms with E-state index < -0.39 is 5.97 Å². The zero-order valence-corrected chi connectivity index (χ0v) is 9.84. The maximum absolute atomic E-state index is 10.6. The molecule has 0 saturated carbocycles. The van der Waals surface area contributed by atoms with Gasteiger partial charge in [-0.2, -0.15) is 0 Å². The molecule has 0 bridgehead atoms. The Morgan fingerprint density at radius 2 is 2.00 bits per heavy atom. The number of nitrogens with one attached hydrogen (secondary N) is 1. The quantitative estimate of drug-likeness (QED) is 0.849. The molecule has 5 nitrogen and oxygen atoms in total. The summed E-state index contributed by atoms with van der Waals surface area (Å²) >= 11 is 0. The van der Waals surface area contributed by atoms with Crippen LogP contribution in [-0.4, -0.2) is 18.1 Å². The average Bonchev–Trinajstić information content (AvgIpc) is 2.86. The number of carboxylic acid groups (broad SMARTS) is 1. The van der Waals surface area contributed by atoms with Crippen LogP contribution in [0.15, 0.2) is 40.8 Å². The first kappa shape index (κ1) is 12.0. The third kappa shape index (κ3) is 2.82. The van der Waals surface area contributed by atoms with Gasteiger partial charge in [-0.25, -0.2) is 4.79 Å². The van der Waals surface area contributed by atoms with Gasteiger partial charge in [-0.3, -0.25) is 0 Å². The predicted molar refractivity (Wildman–Crippen MR) is 66.0 cm³/mol. The van der Waals surface area contributed by atoms with Crippen LogP contribution in [0.1, 0.15) is 16.3 Å². The molecular formula is C13H13NO4. The van der Waals surface area contributed by atoms with Crippen molar-refractivity contribution >= 4 is 11.7 Å². The Balaban J connectivity index is 1.95. The minimum Gasteiger partial charge on any atom is -0.486 e. The lowest BCUT2D eigenvalue weighted by molar-refractivity contribution is 0.0658. The van der Waals surface area contributed by atoms with Gasteiger partial charge in [0.05, 0.1) is 0 Å². The normalized spacial score (nSPS) is 10.1. The van der Waals surface area contributed by atoms with Crippen molar-refractivity contribution < 1.29 is 19.1 Å². The van der Waals surface area contributed by atoms with Gasteiger partial charge in [-0.05, 0) is 36.4 Å². The molecule has 0 aliphatic rings. The van der Waals surface area contributed by atoms with E-state index in [2.05, 4.69) is 5.32 Å². The van der Waals surface area contributed by atoms with Gasteiger partial charge in [0.2, 0.25) is 5.76 Å². The molecule has 0 spiro atoms. The number of rotatable bonds is 5. The lowest BCUT2D eigenvalue weighted by Gasteiger charge is -2.05. The Morgan fingerprint density at radius 1 is 1.28 bits per heavy atom. The fourth-order valence-electron chi connectivity index (χ4n) is 1.44. The highest BCUT2D eigenvalue weighted by molar-refractivity contribution is 5.84. The summed E-state index contributed by atoms with van der Waals surface area (Å²) in [5.41, 5.74) is 0.994. The van der Waals surface area contributed by atoms with Crippen molar-refractivity contribution in [3.8, 4) is 5.75 Å².